The van der Waals surface area contributed by atoms with E-state index in [1.165, 1.54) is 0 Å². The number of rotatable bonds is 32. The maximum atomic E-state index is 11.8. The fourth-order valence-corrected chi connectivity index (χ4v) is 2.97. The van der Waals surface area contributed by atoms with Crippen LogP contribution in [0.4, 0.5) is 0 Å². The van der Waals surface area contributed by atoms with E-state index in [0.29, 0.717) is 124 Å². The van der Waals surface area contributed by atoms with Crippen LogP contribution in [-0.4, -0.2) is 144 Å². The first kappa shape index (κ1) is 38.6. The van der Waals surface area contributed by atoms with Gasteiger partial charge >= 0.3 is 11.9 Å². The number of ether oxygens (including phenoxy) is 11. The second-order valence-electron chi connectivity index (χ2n) is 8.38. The van der Waals surface area contributed by atoms with E-state index in [9.17, 15) is 9.59 Å². The maximum absolute atomic E-state index is 11.8. The van der Waals surface area contributed by atoms with E-state index in [1.807, 2.05) is 6.07 Å². The van der Waals surface area contributed by atoms with Crippen molar-refractivity contribution in [2.45, 2.75) is 0 Å². The highest BCUT2D eigenvalue weighted by molar-refractivity contribution is 5.89. The van der Waals surface area contributed by atoms with Crippen LogP contribution in [0.5, 0.6) is 0 Å². The first-order valence-corrected chi connectivity index (χ1v) is 14.4. The van der Waals surface area contributed by atoms with Crippen molar-refractivity contribution in [1.82, 2.24) is 0 Å². The average Bonchev–Trinajstić information content (AvgIpc) is 3.03. The van der Waals surface area contributed by atoms with E-state index < -0.39 is 5.97 Å². The number of hydrogen-bond donors (Lipinski definition) is 0. The predicted molar refractivity (Wildman–Crippen MR) is 155 cm³/mol. The Balaban J connectivity index is 1.65. The van der Waals surface area contributed by atoms with Gasteiger partial charge in [-0.15, -0.1) is 0 Å². The largest absolute Gasteiger partial charge is 0.460 e. The lowest BCUT2D eigenvalue weighted by atomic mass is 10.2. The first-order valence-electron chi connectivity index (χ1n) is 14.4. The average molecular weight is 617 g/mol. The van der Waals surface area contributed by atoms with Crippen molar-refractivity contribution < 1.29 is 61.7 Å². The minimum absolute atomic E-state index is 0.194. The third-order valence-corrected chi connectivity index (χ3v) is 5.09. The van der Waals surface area contributed by atoms with E-state index in [4.69, 9.17) is 52.1 Å². The molecular weight excluding hydrogens is 568 g/mol. The summed E-state index contributed by atoms with van der Waals surface area (Å²) in [6.45, 7) is 11.7. The standard InChI is InChI=1S/C30H48O13/c1-2-29(31)42-26-24-40-22-20-38-18-16-36-14-12-34-10-8-33-9-11-35-13-15-37-17-19-39-21-23-41-25-27-43-30(32)28-6-4-3-5-7-28/h2-7H,1,8-27H2. The van der Waals surface area contributed by atoms with Gasteiger partial charge < -0.3 is 52.1 Å². The summed E-state index contributed by atoms with van der Waals surface area (Å²) < 4.78 is 58.5. The van der Waals surface area contributed by atoms with Crippen molar-refractivity contribution in [3.8, 4) is 0 Å². The smallest absolute Gasteiger partial charge is 0.338 e. The topological polar surface area (TPSA) is 136 Å². The van der Waals surface area contributed by atoms with E-state index in [0.717, 1.165) is 6.08 Å². The SMILES string of the molecule is C=CC(=O)OCCOCCOCCOCCOCCOCCOCCOCCOCCOCCOC(=O)c1ccccc1. The number of carbonyl (C=O) groups is 2. The summed E-state index contributed by atoms with van der Waals surface area (Å²) in [5.74, 6) is -0.823. The molecule has 0 unspecified atom stereocenters. The molecule has 1 rings (SSSR count). The Morgan fingerprint density at radius 3 is 1.02 bits per heavy atom. The van der Waals surface area contributed by atoms with Gasteiger partial charge in [0.2, 0.25) is 0 Å². The molecule has 0 saturated carbocycles. The van der Waals surface area contributed by atoms with Crippen LogP contribution in [0.2, 0.25) is 0 Å². The molecule has 0 aromatic heterocycles. The predicted octanol–water partition coefficient (Wildman–Crippen LogP) is 1.72. The van der Waals surface area contributed by atoms with Gasteiger partial charge in [-0.05, 0) is 12.1 Å². The van der Waals surface area contributed by atoms with Crippen molar-refractivity contribution in [1.29, 1.82) is 0 Å². The highest BCUT2D eigenvalue weighted by atomic mass is 16.6. The van der Waals surface area contributed by atoms with Gasteiger partial charge in [0, 0.05) is 6.08 Å². The van der Waals surface area contributed by atoms with Gasteiger partial charge in [-0.1, -0.05) is 24.8 Å². The molecule has 0 N–H and O–H groups in total. The number of hydrogen-bond acceptors (Lipinski definition) is 13. The van der Waals surface area contributed by atoms with Crippen LogP contribution >= 0.6 is 0 Å². The molecule has 0 aliphatic carbocycles. The minimum Gasteiger partial charge on any atom is -0.460 e. The quantitative estimate of drug-likeness (QED) is 0.0661. The fourth-order valence-electron chi connectivity index (χ4n) is 2.97. The van der Waals surface area contributed by atoms with Gasteiger partial charge in [0.05, 0.1) is 124 Å². The maximum Gasteiger partial charge on any atom is 0.338 e. The molecule has 43 heavy (non-hydrogen) atoms. The molecule has 0 amide bonds. The van der Waals surface area contributed by atoms with Gasteiger partial charge in [0.1, 0.15) is 13.2 Å². The molecule has 0 saturated heterocycles. The van der Waals surface area contributed by atoms with Crippen molar-refractivity contribution in [2.75, 3.05) is 132 Å². The molecule has 0 aliphatic heterocycles. The molecule has 13 nitrogen and oxygen atoms in total. The molecule has 0 atom stereocenters. The molecule has 0 aliphatic rings. The summed E-state index contributed by atoms with van der Waals surface area (Å²) in [5, 5.41) is 0. The van der Waals surface area contributed by atoms with Crippen LogP contribution < -0.4 is 0 Å². The third-order valence-electron chi connectivity index (χ3n) is 5.09. The second-order valence-corrected chi connectivity index (χ2v) is 8.38. The molecule has 0 bridgehead atoms. The molecule has 1 aromatic carbocycles. The zero-order valence-electron chi connectivity index (χ0n) is 25.1. The van der Waals surface area contributed by atoms with E-state index in [1.54, 1.807) is 24.3 Å². The van der Waals surface area contributed by atoms with Gasteiger partial charge in [0.25, 0.3) is 0 Å². The third kappa shape index (κ3) is 26.9. The Labute approximate surface area is 254 Å². The zero-order chi connectivity index (χ0) is 30.9. The zero-order valence-corrected chi connectivity index (χ0v) is 25.1. The lowest BCUT2D eigenvalue weighted by Gasteiger charge is -2.09. The molecule has 0 spiro atoms. The summed E-state index contributed by atoms with van der Waals surface area (Å²) in [7, 11) is 0. The van der Waals surface area contributed by atoms with Gasteiger partial charge in [-0.2, -0.15) is 0 Å². The number of esters is 2. The molecular formula is C30H48O13. The van der Waals surface area contributed by atoms with Crippen LogP contribution in [0.15, 0.2) is 43.0 Å². The highest BCUT2D eigenvalue weighted by Crippen LogP contribution is 2.00. The number of carbonyl (C=O) groups excluding carboxylic acids is 2. The monoisotopic (exact) mass is 616 g/mol. The fraction of sp³-hybridized carbons (Fsp3) is 0.667. The highest BCUT2D eigenvalue weighted by Gasteiger charge is 2.05. The van der Waals surface area contributed by atoms with Crippen molar-refractivity contribution in [3.63, 3.8) is 0 Å². The van der Waals surface area contributed by atoms with E-state index >= 15 is 0 Å². The van der Waals surface area contributed by atoms with Crippen molar-refractivity contribution in [2.24, 2.45) is 0 Å². The lowest BCUT2D eigenvalue weighted by molar-refractivity contribution is -0.139. The summed E-state index contributed by atoms with van der Waals surface area (Å²) in [5.41, 5.74) is 0.521. The molecule has 246 valence electrons. The Morgan fingerprint density at radius 1 is 0.442 bits per heavy atom. The number of benzene rings is 1. The van der Waals surface area contributed by atoms with Gasteiger partial charge in [-0.25, -0.2) is 9.59 Å². The Morgan fingerprint density at radius 2 is 0.721 bits per heavy atom. The Kier molecular flexibility index (Phi) is 27.8. The molecule has 0 heterocycles. The van der Waals surface area contributed by atoms with Crippen LogP contribution in [0, 0.1) is 0 Å². The second kappa shape index (κ2) is 31.0. The van der Waals surface area contributed by atoms with Crippen molar-refractivity contribution in [3.05, 3.63) is 48.6 Å². The lowest BCUT2D eigenvalue weighted by Crippen LogP contribution is -2.15. The van der Waals surface area contributed by atoms with Crippen LogP contribution in [-0.2, 0) is 56.9 Å². The van der Waals surface area contributed by atoms with Crippen LogP contribution in [0.1, 0.15) is 10.4 Å². The van der Waals surface area contributed by atoms with Gasteiger partial charge in [0.15, 0.2) is 0 Å². The summed E-state index contributed by atoms with van der Waals surface area (Å²) in [6, 6.07) is 8.83. The summed E-state index contributed by atoms with van der Waals surface area (Å²) in [6.07, 6.45) is 1.11. The van der Waals surface area contributed by atoms with Crippen LogP contribution in [0.3, 0.4) is 0 Å². The minimum atomic E-state index is -0.463. The van der Waals surface area contributed by atoms with E-state index in [2.05, 4.69) is 6.58 Å². The van der Waals surface area contributed by atoms with Crippen molar-refractivity contribution >= 4 is 11.9 Å². The Hall–Kier alpha value is -2.46. The van der Waals surface area contributed by atoms with E-state index in [-0.39, 0.29) is 19.2 Å². The normalized spacial score (nSPS) is 11.0. The summed E-state index contributed by atoms with van der Waals surface area (Å²) >= 11 is 0. The molecule has 13 heteroatoms. The van der Waals surface area contributed by atoms with Crippen LogP contribution in [0.25, 0.3) is 0 Å². The molecule has 1 aromatic rings. The van der Waals surface area contributed by atoms with Gasteiger partial charge in [-0.3, -0.25) is 0 Å². The first-order chi connectivity index (χ1) is 21.2. The Bertz CT molecular complexity index is 779. The summed E-state index contributed by atoms with van der Waals surface area (Å²) in [4.78, 5) is 22.6. The molecule has 0 radical (unpaired) electrons. The molecule has 0 fully saturated rings.